The van der Waals surface area contributed by atoms with Crippen LogP contribution in [0.1, 0.15) is 20.8 Å². The van der Waals surface area contributed by atoms with Gasteiger partial charge in [0.15, 0.2) is 5.90 Å². The molecule has 3 nitrogen and oxygen atoms in total. The average Bonchev–Trinajstić information content (AvgIpc) is 1.93. The molecular weight excluding hydrogens is 140 g/mol. The average molecular weight is 156 g/mol. The second-order valence-electron chi connectivity index (χ2n) is 3.18. The van der Waals surface area contributed by atoms with Gasteiger partial charge in [-0.05, 0) is 20.8 Å². The third kappa shape index (κ3) is 2.89. The highest BCUT2D eigenvalue weighted by molar-refractivity contribution is 5.79. The highest BCUT2D eigenvalue weighted by Crippen LogP contribution is 1.97. The third-order valence-electron chi connectivity index (χ3n) is 1.51. The van der Waals surface area contributed by atoms with Gasteiger partial charge in [-0.3, -0.25) is 4.99 Å². The van der Waals surface area contributed by atoms with Crippen LogP contribution in [0.4, 0.5) is 0 Å². The fourth-order valence-corrected chi connectivity index (χ4v) is 0.972. The molecule has 0 bridgehead atoms. The van der Waals surface area contributed by atoms with Gasteiger partial charge in [-0.2, -0.15) is 0 Å². The topological polar surface area (TPSA) is 33.6 Å². The van der Waals surface area contributed by atoms with E-state index in [0.717, 1.165) is 19.0 Å². The number of rotatable bonds is 1. The van der Waals surface area contributed by atoms with Gasteiger partial charge in [0.2, 0.25) is 0 Å². The summed E-state index contributed by atoms with van der Waals surface area (Å²) >= 11 is 0. The highest BCUT2D eigenvalue weighted by atomic mass is 16.5. The monoisotopic (exact) mass is 156 g/mol. The first-order valence-corrected chi connectivity index (χ1v) is 4.12. The van der Waals surface area contributed by atoms with E-state index in [-0.39, 0.29) is 6.10 Å². The lowest BCUT2D eigenvalue weighted by Crippen LogP contribution is -2.39. The quantitative estimate of drug-likeness (QED) is 0.609. The molecule has 3 heteroatoms. The molecule has 1 rings (SSSR count). The van der Waals surface area contributed by atoms with Crippen molar-refractivity contribution in [3.63, 3.8) is 0 Å². The van der Waals surface area contributed by atoms with Crippen LogP contribution in [-0.4, -0.2) is 31.1 Å². The van der Waals surface area contributed by atoms with Gasteiger partial charge >= 0.3 is 0 Å². The second-order valence-corrected chi connectivity index (χ2v) is 3.18. The lowest BCUT2D eigenvalue weighted by Gasteiger charge is -2.20. The predicted octanol–water partition coefficient (Wildman–Crippen LogP) is 0.802. The Morgan fingerprint density at radius 3 is 2.82 bits per heavy atom. The molecule has 0 fully saturated rings. The van der Waals surface area contributed by atoms with Crippen LogP contribution < -0.4 is 5.32 Å². The maximum atomic E-state index is 5.43. The molecule has 1 N–H and O–H groups in total. The van der Waals surface area contributed by atoms with Crippen molar-refractivity contribution in [3.8, 4) is 0 Å². The number of nitrogens with one attached hydrogen (secondary N) is 1. The molecule has 0 aliphatic carbocycles. The van der Waals surface area contributed by atoms with E-state index in [1.165, 1.54) is 0 Å². The van der Waals surface area contributed by atoms with Crippen molar-refractivity contribution < 1.29 is 4.74 Å². The van der Waals surface area contributed by atoms with E-state index in [9.17, 15) is 0 Å². The van der Waals surface area contributed by atoms with Crippen molar-refractivity contribution in [1.29, 1.82) is 0 Å². The molecule has 1 atom stereocenters. The zero-order valence-electron chi connectivity index (χ0n) is 7.42. The maximum absolute atomic E-state index is 5.43. The lowest BCUT2D eigenvalue weighted by atomic mass is 10.3. The van der Waals surface area contributed by atoms with Crippen molar-refractivity contribution in [2.75, 3.05) is 13.1 Å². The zero-order valence-corrected chi connectivity index (χ0v) is 7.42. The lowest BCUT2D eigenvalue weighted by molar-refractivity contribution is 0.217. The number of ether oxygens (including phenoxy) is 1. The number of hydrogen-bond donors (Lipinski definition) is 1. The number of aliphatic imine (C=N–C) groups is 1. The smallest absolute Gasteiger partial charge is 0.197 e. The van der Waals surface area contributed by atoms with Crippen molar-refractivity contribution in [2.24, 2.45) is 4.99 Å². The molecule has 64 valence electrons. The van der Waals surface area contributed by atoms with Crippen LogP contribution in [0.2, 0.25) is 0 Å². The summed E-state index contributed by atoms with van der Waals surface area (Å²) in [5, 5.41) is 3.28. The van der Waals surface area contributed by atoms with Crippen LogP contribution in [0, 0.1) is 0 Å². The van der Waals surface area contributed by atoms with Gasteiger partial charge in [0.05, 0.1) is 19.2 Å². The van der Waals surface area contributed by atoms with Crippen LogP contribution in [0.15, 0.2) is 4.99 Å². The highest BCUT2D eigenvalue weighted by Gasteiger charge is 2.11. The molecule has 0 saturated heterocycles. The van der Waals surface area contributed by atoms with Gasteiger partial charge in [0, 0.05) is 6.04 Å². The Balaban J connectivity index is 2.35. The first kappa shape index (κ1) is 8.53. The third-order valence-corrected chi connectivity index (χ3v) is 1.51. The molecule has 1 aliphatic rings. The minimum atomic E-state index is 0.240. The summed E-state index contributed by atoms with van der Waals surface area (Å²) in [6.45, 7) is 7.76. The van der Waals surface area contributed by atoms with Crippen LogP contribution in [0.5, 0.6) is 0 Å². The maximum Gasteiger partial charge on any atom is 0.197 e. The van der Waals surface area contributed by atoms with Crippen molar-refractivity contribution in [1.82, 2.24) is 5.32 Å². The van der Waals surface area contributed by atoms with Crippen molar-refractivity contribution >= 4 is 5.90 Å². The SMILES string of the molecule is CC1CN=C(OC(C)C)CN1. The van der Waals surface area contributed by atoms with Crippen molar-refractivity contribution in [3.05, 3.63) is 0 Å². The largest absolute Gasteiger partial charge is 0.477 e. The first-order chi connectivity index (χ1) is 5.18. The Morgan fingerprint density at radius 1 is 1.64 bits per heavy atom. The van der Waals surface area contributed by atoms with E-state index in [2.05, 4.69) is 17.2 Å². The molecular formula is C8H16N2O. The minimum Gasteiger partial charge on any atom is -0.477 e. The van der Waals surface area contributed by atoms with E-state index in [0.29, 0.717) is 6.04 Å². The summed E-state index contributed by atoms with van der Waals surface area (Å²) in [6, 6.07) is 0.495. The molecule has 0 amide bonds. The zero-order chi connectivity index (χ0) is 8.27. The molecule has 0 aromatic rings. The normalized spacial score (nSPS) is 25.1. The standard InChI is InChI=1S/C8H16N2O/c1-6(2)11-8-5-9-7(3)4-10-8/h6-7,9H,4-5H2,1-3H3. The first-order valence-electron chi connectivity index (χ1n) is 4.12. The van der Waals surface area contributed by atoms with E-state index in [1.807, 2.05) is 13.8 Å². The van der Waals surface area contributed by atoms with Crippen LogP contribution in [0.25, 0.3) is 0 Å². The van der Waals surface area contributed by atoms with Crippen LogP contribution in [0.3, 0.4) is 0 Å². The summed E-state index contributed by atoms with van der Waals surface area (Å²) in [4.78, 5) is 4.28. The molecule has 1 heterocycles. The van der Waals surface area contributed by atoms with E-state index in [4.69, 9.17) is 4.74 Å². The van der Waals surface area contributed by atoms with Gasteiger partial charge in [-0.25, -0.2) is 0 Å². The van der Waals surface area contributed by atoms with Gasteiger partial charge in [0.25, 0.3) is 0 Å². The molecule has 1 unspecified atom stereocenters. The van der Waals surface area contributed by atoms with Crippen LogP contribution in [-0.2, 0) is 4.74 Å². The molecule has 1 aliphatic heterocycles. The van der Waals surface area contributed by atoms with Gasteiger partial charge < -0.3 is 10.1 Å². The Hall–Kier alpha value is -0.570. The number of hydrogen-bond acceptors (Lipinski definition) is 3. The minimum absolute atomic E-state index is 0.240. The predicted molar refractivity (Wildman–Crippen MR) is 46.0 cm³/mol. The molecule has 0 spiro atoms. The molecule has 0 radical (unpaired) electrons. The molecule has 0 aromatic carbocycles. The Morgan fingerprint density at radius 2 is 2.36 bits per heavy atom. The van der Waals surface area contributed by atoms with E-state index >= 15 is 0 Å². The molecule has 0 aromatic heterocycles. The Labute approximate surface area is 67.8 Å². The summed E-state index contributed by atoms with van der Waals surface area (Å²) in [7, 11) is 0. The van der Waals surface area contributed by atoms with Crippen LogP contribution >= 0.6 is 0 Å². The Kier molecular flexibility index (Phi) is 2.88. The fourth-order valence-electron chi connectivity index (χ4n) is 0.972. The molecule has 0 saturated carbocycles. The second kappa shape index (κ2) is 3.72. The summed E-state index contributed by atoms with van der Waals surface area (Å²) in [5.74, 6) is 0.845. The van der Waals surface area contributed by atoms with Gasteiger partial charge in [0.1, 0.15) is 0 Å². The summed E-state index contributed by atoms with van der Waals surface area (Å²) < 4.78 is 5.43. The summed E-state index contributed by atoms with van der Waals surface area (Å²) in [6.07, 6.45) is 0.240. The van der Waals surface area contributed by atoms with E-state index < -0.39 is 0 Å². The molecule has 11 heavy (non-hydrogen) atoms. The van der Waals surface area contributed by atoms with E-state index in [1.54, 1.807) is 0 Å². The van der Waals surface area contributed by atoms with Crippen molar-refractivity contribution in [2.45, 2.75) is 32.9 Å². The van der Waals surface area contributed by atoms with Gasteiger partial charge in [-0.15, -0.1) is 0 Å². The Bertz CT molecular complexity index is 154. The number of nitrogens with zero attached hydrogens (tertiary/aromatic N) is 1. The fraction of sp³-hybridized carbons (Fsp3) is 0.875. The summed E-state index contributed by atoms with van der Waals surface area (Å²) in [5.41, 5.74) is 0. The van der Waals surface area contributed by atoms with Gasteiger partial charge in [-0.1, -0.05) is 0 Å².